The third-order valence-corrected chi connectivity index (χ3v) is 2.37. The molecule has 2 rings (SSSR count). The van der Waals surface area contributed by atoms with E-state index in [4.69, 9.17) is 5.53 Å². The lowest BCUT2D eigenvalue weighted by molar-refractivity contribution is 0.612. The van der Waals surface area contributed by atoms with Gasteiger partial charge in [-0.1, -0.05) is 17.2 Å². The summed E-state index contributed by atoms with van der Waals surface area (Å²) in [5.41, 5.74) is 9.84. The third kappa shape index (κ3) is 1.25. The van der Waals surface area contributed by atoms with Crippen LogP contribution in [0.4, 0.5) is 4.39 Å². The second-order valence-electron chi connectivity index (χ2n) is 3.07. The normalized spacial score (nSPS) is 19.3. The van der Waals surface area contributed by atoms with Gasteiger partial charge >= 0.3 is 0 Å². The molecule has 0 fully saturated rings. The average Bonchev–Trinajstić information content (AvgIpc) is 2.51. The number of benzene rings is 1. The van der Waals surface area contributed by atoms with Gasteiger partial charge in [0.2, 0.25) is 0 Å². The van der Waals surface area contributed by atoms with Gasteiger partial charge in [0.05, 0.1) is 6.04 Å². The molecule has 0 saturated heterocycles. The number of fused-ring (bicyclic) bond motifs is 1. The molecule has 13 heavy (non-hydrogen) atoms. The molecule has 1 aliphatic rings. The summed E-state index contributed by atoms with van der Waals surface area (Å²) >= 11 is 0. The summed E-state index contributed by atoms with van der Waals surface area (Å²) in [6, 6.07) is 4.75. The van der Waals surface area contributed by atoms with Crippen LogP contribution in [-0.2, 0) is 6.42 Å². The minimum Gasteiger partial charge on any atom is -0.207 e. The summed E-state index contributed by atoms with van der Waals surface area (Å²) in [5.74, 6) is -0.187. The van der Waals surface area contributed by atoms with E-state index in [1.54, 1.807) is 6.07 Å². The predicted octanol–water partition coefficient (Wildman–Crippen LogP) is 3.12. The monoisotopic (exact) mass is 177 g/mol. The van der Waals surface area contributed by atoms with Crippen molar-refractivity contribution >= 4 is 0 Å². The zero-order valence-electron chi connectivity index (χ0n) is 6.94. The first-order chi connectivity index (χ1) is 6.33. The Bertz CT molecular complexity index is 382. The first-order valence-corrected chi connectivity index (χ1v) is 4.14. The summed E-state index contributed by atoms with van der Waals surface area (Å²) in [5, 5.41) is 3.62. The molecule has 0 aliphatic heterocycles. The van der Waals surface area contributed by atoms with Crippen LogP contribution in [0.3, 0.4) is 0 Å². The molecule has 0 aromatic heterocycles. The second kappa shape index (κ2) is 3.07. The van der Waals surface area contributed by atoms with Gasteiger partial charge in [0, 0.05) is 4.91 Å². The van der Waals surface area contributed by atoms with Crippen molar-refractivity contribution in [1.82, 2.24) is 0 Å². The molecular weight excluding hydrogens is 169 g/mol. The van der Waals surface area contributed by atoms with Crippen LogP contribution in [0.1, 0.15) is 23.6 Å². The van der Waals surface area contributed by atoms with E-state index in [1.165, 1.54) is 6.07 Å². The molecule has 1 aromatic carbocycles. The molecule has 0 unspecified atom stereocenters. The van der Waals surface area contributed by atoms with Crippen LogP contribution < -0.4 is 0 Å². The molecule has 0 bridgehead atoms. The van der Waals surface area contributed by atoms with Gasteiger partial charge < -0.3 is 0 Å². The van der Waals surface area contributed by atoms with Crippen molar-refractivity contribution < 1.29 is 4.39 Å². The van der Waals surface area contributed by atoms with E-state index >= 15 is 0 Å². The molecule has 0 saturated carbocycles. The van der Waals surface area contributed by atoms with Crippen LogP contribution in [0.15, 0.2) is 23.3 Å². The van der Waals surface area contributed by atoms with Crippen molar-refractivity contribution in [3.05, 3.63) is 45.6 Å². The van der Waals surface area contributed by atoms with E-state index in [9.17, 15) is 4.39 Å². The highest BCUT2D eigenvalue weighted by Gasteiger charge is 2.23. The average molecular weight is 177 g/mol. The van der Waals surface area contributed by atoms with Gasteiger partial charge in [-0.25, -0.2) is 4.39 Å². The van der Waals surface area contributed by atoms with Crippen LogP contribution in [0.25, 0.3) is 10.4 Å². The first kappa shape index (κ1) is 8.08. The maximum Gasteiger partial charge on any atom is 0.126 e. The van der Waals surface area contributed by atoms with Crippen molar-refractivity contribution in [2.45, 2.75) is 18.9 Å². The SMILES string of the molecule is [N-]=[N+]=N[C@H]1CCc2c(F)cccc21. The Morgan fingerprint density at radius 2 is 2.38 bits per heavy atom. The summed E-state index contributed by atoms with van der Waals surface area (Å²) in [7, 11) is 0. The largest absolute Gasteiger partial charge is 0.207 e. The van der Waals surface area contributed by atoms with E-state index in [2.05, 4.69) is 10.0 Å². The molecule has 0 heterocycles. The molecule has 4 heteroatoms. The highest BCUT2D eigenvalue weighted by molar-refractivity contribution is 5.35. The molecule has 1 atom stereocenters. The zero-order valence-corrected chi connectivity index (χ0v) is 6.94. The fraction of sp³-hybridized carbons (Fsp3) is 0.333. The predicted molar refractivity (Wildman–Crippen MR) is 46.6 cm³/mol. The second-order valence-corrected chi connectivity index (χ2v) is 3.07. The number of nitrogens with zero attached hydrogens (tertiary/aromatic N) is 3. The molecule has 0 radical (unpaired) electrons. The van der Waals surface area contributed by atoms with Crippen molar-refractivity contribution in [1.29, 1.82) is 0 Å². The van der Waals surface area contributed by atoms with Crippen molar-refractivity contribution in [2.24, 2.45) is 5.11 Å². The Hall–Kier alpha value is -1.54. The van der Waals surface area contributed by atoms with Gasteiger partial charge in [-0.15, -0.1) is 0 Å². The van der Waals surface area contributed by atoms with Crippen LogP contribution in [0, 0.1) is 5.82 Å². The van der Waals surface area contributed by atoms with E-state index in [-0.39, 0.29) is 11.9 Å². The van der Waals surface area contributed by atoms with Crippen molar-refractivity contribution in [2.75, 3.05) is 0 Å². The Morgan fingerprint density at radius 3 is 3.15 bits per heavy atom. The molecule has 0 amide bonds. The van der Waals surface area contributed by atoms with Crippen LogP contribution >= 0.6 is 0 Å². The molecule has 66 valence electrons. The smallest absolute Gasteiger partial charge is 0.126 e. The van der Waals surface area contributed by atoms with Gasteiger partial charge in [-0.2, -0.15) is 0 Å². The van der Waals surface area contributed by atoms with E-state index in [0.717, 1.165) is 12.0 Å². The Labute approximate surface area is 74.8 Å². The van der Waals surface area contributed by atoms with Gasteiger partial charge in [0.25, 0.3) is 0 Å². The lowest BCUT2D eigenvalue weighted by atomic mass is 10.1. The van der Waals surface area contributed by atoms with E-state index in [1.807, 2.05) is 6.07 Å². The standard InChI is InChI=1S/C9H8FN3/c10-8-3-1-2-7-6(8)4-5-9(7)12-13-11/h1-3,9H,4-5H2/t9-/m0/s1. The summed E-state index contributed by atoms with van der Waals surface area (Å²) < 4.78 is 13.2. The van der Waals surface area contributed by atoms with E-state index in [0.29, 0.717) is 12.0 Å². The van der Waals surface area contributed by atoms with Gasteiger partial charge in [-0.3, -0.25) is 0 Å². The highest BCUT2D eigenvalue weighted by atomic mass is 19.1. The Balaban J connectivity index is 2.48. The van der Waals surface area contributed by atoms with Gasteiger partial charge in [0.1, 0.15) is 5.82 Å². The maximum absolute atomic E-state index is 13.2. The quantitative estimate of drug-likeness (QED) is 0.359. The lowest BCUT2D eigenvalue weighted by Crippen LogP contribution is -1.89. The lowest BCUT2D eigenvalue weighted by Gasteiger charge is -2.03. The summed E-state index contributed by atoms with van der Waals surface area (Å²) in [4.78, 5) is 2.75. The van der Waals surface area contributed by atoms with Crippen LogP contribution in [0.5, 0.6) is 0 Å². The third-order valence-electron chi connectivity index (χ3n) is 2.37. The molecular formula is C9H8FN3. The van der Waals surface area contributed by atoms with Crippen molar-refractivity contribution in [3.63, 3.8) is 0 Å². The van der Waals surface area contributed by atoms with Crippen LogP contribution in [0.2, 0.25) is 0 Å². The summed E-state index contributed by atoms with van der Waals surface area (Å²) in [6.07, 6.45) is 1.39. The molecule has 0 spiro atoms. The fourth-order valence-corrected chi connectivity index (χ4v) is 1.77. The topological polar surface area (TPSA) is 48.8 Å². The zero-order chi connectivity index (χ0) is 9.26. The van der Waals surface area contributed by atoms with Crippen molar-refractivity contribution in [3.8, 4) is 0 Å². The fourth-order valence-electron chi connectivity index (χ4n) is 1.77. The minimum absolute atomic E-state index is 0.171. The molecule has 0 N–H and O–H groups in total. The van der Waals surface area contributed by atoms with Gasteiger partial charge in [0.15, 0.2) is 0 Å². The Kier molecular flexibility index (Phi) is 1.91. The maximum atomic E-state index is 13.2. The molecule has 1 aliphatic carbocycles. The number of halogens is 1. The van der Waals surface area contributed by atoms with Crippen LogP contribution in [-0.4, -0.2) is 0 Å². The minimum atomic E-state index is -0.187. The number of rotatable bonds is 1. The first-order valence-electron chi connectivity index (χ1n) is 4.14. The number of hydrogen-bond acceptors (Lipinski definition) is 1. The van der Waals surface area contributed by atoms with Gasteiger partial charge in [-0.05, 0) is 35.6 Å². The Morgan fingerprint density at radius 1 is 1.54 bits per heavy atom. The number of hydrogen-bond donors (Lipinski definition) is 0. The molecule has 1 aromatic rings. The van der Waals surface area contributed by atoms with E-state index < -0.39 is 0 Å². The number of azide groups is 1. The highest BCUT2D eigenvalue weighted by Crippen LogP contribution is 2.35. The summed E-state index contributed by atoms with van der Waals surface area (Å²) in [6.45, 7) is 0. The molecule has 3 nitrogen and oxygen atoms in total.